The fourth-order valence-corrected chi connectivity index (χ4v) is 4.22. The summed E-state index contributed by atoms with van der Waals surface area (Å²) in [6, 6.07) is 5.81. The molecule has 0 bridgehead atoms. The molecular weight excluding hydrogens is 448 g/mol. The molecule has 2 heterocycles. The number of esters is 1. The first kappa shape index (κ1) is 26.5. The molecule has 0 radical (unpaired) electrons. The van der Waals surface area contributed by atoms with Crippen LogP contribution in [-0.2, 0) is 25.7 Å². The van der Waals surface area contributed by atoms with Gasteiger partial charge in [0.1, 0.15) is 18.9 Å². The fourth-order valence-electron chi connectivity index (χ4n) is 4.22. The summed E-state index contributed by atoms with van der Waals surface area (Å²) in [4.78, 5) is 43.6. The third-order valence-corrected chi connectivity index (χ3v) is 6.13. The largest absolute Gasteiger partial charge is 0.494 e. The van der Waals surface area contributed by atoms with Gasteiger partial charge in [0.05, 0.1) is 18.8 Å². The van der Waals surface area contributed by atoms with Crippen molar-refractivity contribution in [1.29, 1.82) is 0 Å². The van der Waals surface area contributed by atoms with Gasteiger partial charge in [-0.25, -0.2) is 4.99 Å². The number of nitrogens with zero attached hydrogens (tertiary/aromatic N) is 3. The van der Waals surface area contributed by atoms with E-state index in [1.54, 1.807) is 0 Å². The van der Waals surface area contributed by atoms with Crippen LogP contribution in [0.5, 0.6) is 5.75 Å². The van der Waals surface area contributed by atoms with Gasteiger partial charge in [-0.2, -0.15) is 0 Å². The van der Waals surface area contributed by atoms with E-state index in [2.05, 4.69) is 17.2 Å². The number of benzene rings is 1. The second kappa shape index (κ2) is 13.7. The molecule has 0 spiro atoms. The molecule has 1 fully saturated rings. The molecule has 1 aromatic carbocycles. The highest BCUT2D eigenvalue weighted by Crippen LogP contribution is 2.30. The Labute approximate surface area is 207 Å². The van der Waals surface area contributed by atoms with Crippen molar-refractivity contribution in [2.24, 2.45) is 4.99 Å². The van der Waals surface area contributed by atoms with Crippen molar-refractivity contribution in [3.05, 3.63) is 23.8 Å². The zero-order valence-corrected chi connectivity index (χ0v) is 21.0. The van der Waals surface area contributed by atoms with Crippen LogP contribution in [0, 0.1) is 0 Å². The third kappa shape index (κ3) is 8.56. The number of guanidine groups is 1. The van der Waals surface area contributed by atoms with Crippen molar-refractivity contribution in [1.82, 2.24) is 15.1 Å². The number of hydrogen-bond donors (Lipinski definition) is 1. The second-order valence-electron chi connectivity index (χ2n) is 9.07. The quantitative estimate of drug-likeness (QED) is 0.301. The van der Waals surface area contributed by atoms with E-state index in [4.69, 9.17) is 9.47 Å². The topological polar surface area (TPSA) is 101 Å². The van der Waals surface area contributed by atoms with Gasteiger partial charge in [-0.3, -0.25) is 19.7 Å². The standard InChI is InChI=1S/C26H38N4O5/c1-3-4-5-8-13-29(14-16-34-20(2)31)25(33)10-7-6-9-15-35-22-11-12-23-21(17-22)18-30-19-24(32)28-26(30)27-23/h11-12,17H,3-10,13-16,18-19H2,1-2H3,(H,27,28,32). The van der Waals surface area contributed by atoms with E-state index in [1.165, 1.54) is 13.3 Å². The van der Waals surface area contributed by atoms with Crippen LogP contribution in [0.25, 0.3) is 0 Å². The number of ether oxygens (including phenoxy) is 2. The summed E-state index contributed by atoms with van der Waals surface area (Å²) in [6.45, 7) is 6.53. The Morgan fingerprint density at radius 2 is 1.89 bits per heavy atom. The van der Waals surface area contributed by atoms with Crippen LogP contribution in [0.2, 0.25) is 0 Å². The molecule has 2 aliphatic heterocycles. The first-order valence-corrected chi connectivity index (χ1v) is 12.8. The molecular formula is C26H38N4O5. The summed E-state index contributed by atoms with van der Waals surface area (Å²) < 4.78 is 10.9. The highest BCUT2D eigenvalue weighted by molar-refractivity contribution is 6.05. The maximum Gasteiger partial charge on any atom is 0.302 e. The van der Waals surface area contributed by atoms with Crippen LogP contribution in [0.4, 0.5) is 5.69 Å². The van der Waals surface area contributed by atoms with Crippen molar-refractivity contribution >= 4 is 29.4 Å². The monoisotopic (exact) mass is 486 g/mol. The molecule has 3 rings (SSSR count). The highest BCUT2D eigenvalue weighted by atomic mass is 16.5. The number of amides is 2. The van der Waals surface area contributed by atoms with Crippen LogP contribution in [0.3, 0.4) is 0 Å². The number of hydrogen-bond acceptors (Lipinski definition) is 7. The molecule has 1 saturated heterocycles. The lowest BCUT2D eigenvalue weighted by Crippen LogP contribution is -2.35. The first-order valence-electron chi connectivity index (χ1n) is 12.8. The van der Waals surface area contributed by atoms with Gasteiger partial charge < -0.3 is 19.3 Å². The van der Waals surface area contributed by atoms with Gasteiger partial charge >= 0.3 is 5.97 Å². The van der Waals surface area contributed by atoms with Crippen molar-refractivity contribution in [2.75, 3.05) is 32.8 Å². The van der Waals surface area contributed by atoms with Gasteiger partial charge in [-0.1, -0.05) is 26.2 Å². The Balaban J connectivity index is 1.35. The van der Waals surface area contributed by atoms with E-state index in [9.17, 15) is 14.4 Å². The SMILES string of the molecule is CCCCCCN(CCOC(C)=O)C(=O)CCCCCOc1ccc2c(c1)CN1CC(=O)NC1=N2. The Morgan fingerprint density at radius 1 is 1.06 bits per heavy atom. The molecule has 1 N–H and O–H groups in total. The molecule has 0 unspecified atom stereocenters. The zero-order chi connectivity index (χ0) is 25.0. The predicted molar refractivity (Wildman–Crippen MR) is 133 cm³/mol. The Kier molecular flexibility index (Phi) is 10.4. The Hall–Kier alpha value is -3.10. The maximum absolute atomic E-state index is 12.7. The van der Waals surface area contributed by atoms with Crippen LogP contribution in [-0.4, -0.2) is 66.4 Å². The van der Waals surface area contributed by atoms with Gasteiger partial charge in [0.2, 0.25) is 17.8 Å². The lowest BCUT2D eigenvalue weighted by atomic mass is 10.1. The van der Waals surface area contributed by atoms with Gasteiger partial charge in [-0.15, -0.1) is 0 Å². The zero-order valence-electron chi connectivity index (χ0n) is 21.0. The normalized spacial score (nSPS) is 14.1. The van der Waals surface area contributed by atoms with Crippen LogP contribution in [0.15, 0.2) is 23.2 Å². The number of nitrogens with one attached hydrogen (secondary N) is 1. The van der Waals surface area contributed by atoms with E-state index < -0.39 is 0 Å². The molecule has 9 heteroatoms. The number of carbonyl (C=O) groups excluding carboxylic acids is 3. The van der Waals surface area contributed by atoms with Crippen molar-refractivity contribution in [3.8, 4) is 5.75 Å². The number of aliphatic imine (C=N–C) groups is 1. The Bertz CT molecular complexity index is 917. The molecule has 2 aliphatic rings. The van der Waals surface area contributed by atoms with Crippen LogP contribution >= 0.6 is 0 Å². The Morgan fingerprint density at radius 3 is 2.69 bits per heavy atom. The van der Waals surface area contributed by atoms with Gasteiger partial charge in [-0.05, 0) is 43.9 Å². The molecule has 0 aliphatic carbocycles. The average molecular weight is 487 g/mol. The van der Waals surface area contributed by atoms with Crippen molar-refractivity contribution in [3.63, 3.8) is 0 Å². The van der Waals surface area contributed by atoms with Crippen LogP contribution < -0.4 is 10.1 Å². The second-order valence-corrected chi connectivity index (χ2v) is 9.07. The fraction of sp³-hybridized carbons (Fsp3) is 0.615. The molecule has 192 valence electrons. The van der Waals surface area contributed by atoms with E-state index in [0.29, 0.717) is 45.2 Å². The number of carbonyl (C=O) groups is 3. The molecule has 35 heavy (non-hydrogen) atoms. The number of rotatable bonds is 15. The van der Waals surface area contributed by atoms with Gasteiger partial charge in [0, 0.05) is 32.0 Å². The summed E-state index contributed by atoms with van der Waals surface area (Å²) in [6.07, 6.45) is 7.47. The average Bonchev–Trinajstić information content (AvgIpc) is 3.19. The van der Waals surface area contributed by atoms with Crippen molar-refractivity contribution in [2.45, 2.75) is 71.8 Å². The molecule has 0 atom stereocenters. The lowest BCUT2D eigenvalue weighted by molar-refractivity contribution is -0.143. The molecule has 1 aromatic rings. The van der Waals surface area contributed by atoms with Crippen molar-refractivity contribution < 1.29 is 23.9 Å². The molecule has 9 nitrogen and oxygen atoms in total. The maximum atomic E-state index is 12.7. The highest BCUT2D eigenvalue weighted by Gasteiger charge is 2.29. The third-order valence-electron chi connectivity index (χ3n) is 6.13. The summed E-state index contributed by atoms with van der Waals surface area (Å²) in [5, 5.41) is 2.77. The minimum atomic E-state index is -0.317. The van der Waals surface area contributed by atoms with Crippen LogP contribution in [0.1, 0.15) is 70.8 Å². The predicted octanol–water partition coefficient (Wildman–Crippen LogP) is 3.53. The summed E-state index contributed by atoms with van der Waals surface area (Å²) in [5.41, 5.74) is 1.90. The lowest BCUT2D eigenvalue weighted by Gasteiger charge is -2.23. The molecule has 0 aromatic heterocycles. The van der Waals surface area contributed by atoms with E-state index in [-0.39, 0.29) is 24.4 Å². The summed E-state index contributed by atoms with van der Waals surface area (Å²) in [5.74, 6) is 1.19. The molecule has 0 saturated carbocycles. The number of fused-ring (bicyclic) bond motifs is 2. The number of unbranched alkanes of at least 4 members (excludes halogenated alkanes) is 5. The van der Waals surface area contributed by atoms with E-state index >= 15 is 0 Å². The minimum Gasteiger partial charge on any atom is -0.494 e. The first-order chi connectivity index (χ1) is 17.0. The molecule has 2 amide bonds. The van der Waals surface area contributed by atoms with Gasteiger partial charge in [0.25, 0.3) is 0 Å². The minimum absolute atomic E-state index is 0.0319. The van der Waals surface area contributed by atoms with E-state index in [0.717, 1.165) is 55.5 Å². The van der Waals surface area contributed by atoms with Gasteiger partial charge in [0.15, 0.2) is 0 Å². The smallest absolute Gasteiger partial charge is 0.302 e. The van der Waals surface area contributed by atoms with E-state index in [1.807, 2.05) is 28.0 Å². The summed E-state index contributed by atoms with van der Waals surface area (Å²) in [7, 11) is 0. The summed E-state index contributed by atoms with van der Waals surface area (Å²) >= 11 is 0.